The second kappa shape index (κ2) is 7.74. The SMILES string of the molecule is CC(Oc1cccc(Cl)c1)C(=O)Nc1ccc(-c2nc3ccccc3o2)cc1. The number of hydrogen-bond acceptors (Lipinski definition) is 4. The molecule has 5 nitrogen and oxygen atoms in total. The Morgan fingerprint density at radius 2 is 1.86 bits per heavy atom. The molecule has 3 aromatic carbocycles. The molecule has 1 amide bonds. The van der Waals surface area contributed by atoms with E-state index < -0.39 is 6.10 Å². The number of rotatable bonds is 5. The maximum Gasteiger partial charge on any atom is 0.265 e. The van der Waals surface area contributed by atoms with Gasteiger partial charge in [-0.05, 0) is 61.5 Å². The molecule has 0 saturated carbocycles. The van der Waals surface area contributed by atoms with E-state index in [0.29, 0.717) is 22.4 Å². The summed E-state index contributed by atoms with van der Waals surface area (Å²) in [5.74, 6) is 0.827. The van der Waals surface area contributed by atoms with Crippen molar-refractivity contribution in [3.63, 3.8) is 0 Å². The van der Waals surface area contributed by atoms with Gasteiger partial charge < -0.3 is 14.5 Å². The summed E-state index contributed by atoms with van der Waals surface area (Å²) in [5, 5.41) is 3.39. The third kappa shape index (κ3) is 4.00. The summed E-state index contributed by atoms with van der Waals surface area (Å²) < 4.78 is 11.4. The van der Waals surface area contributed by atoms with Gasteiger partial charge in [0.1, 0.15) is 11.3 Å². The number of fused-ring (bicyclic) bond motifs is 1. The molecule has 0 bridgehead atoms. The first-order valence-corrected chi connectivity index (χ1v) is 9.15. The van der Waals surface area contributed by atoms with Gasteiger partial charge in [0.2, 0.25) is 5.89 Å². The van der Waals surface area contributed by atoms with Crippen LogP contribution in [0.15, 0.2) is 77.2 Å². The predicted octanol–water partition coefficient (Wildman–Crippen LogP) is 5.55. The van der Waals surface area contributed by atoms with Crippen molar-refractivity contribution in [3.8, 4) is 17.2 Å². The normalized spacial score (nSPS) is 11.9. The number of oxazole rings is 1. The summed E-state index contributed by atoms with van der Waals surface area (Å²) in [5.41, 5.74) is 3.03. The Kier molecular flexibility index (Phi) is 5.00. The van der Waals surface area contributed by atoms with Crippen LogP contribution in [0, 0.1) is 0 Å². The van der Waals surface area contributed by atoms with E-state index in [0.717, 1.165) is 16.7 Å². The van der Waals surface area contributed by atoms with Crippen molar-refractivity contribution < 1.29 is 13.9 Å². The van der Waals surface area contributed by atoms with Gasteiger partial charge in [-0.25, -0.2) is 4.98 Å². The average molecular weight is 393 g/mol. The molecule has 28 heavy (non-hydrogen) atoms. The number of aromatic nitrogens is 1. The molecule has 1 unspecified atom stereocenters. The van der Waals surface area contributed by atoms with E-state index in [9.17, 15) is 4.79 Å². The molecule has 0 fully saturated rings. The number of ether oxygens (including phenoxy) is 1. The highest BCUT2D eigenvalue weighted by Crippen LogP contribution is 2.25. The molecule has 4 rings (SSSR count). The lowest BCUT2D eigenvalue weighted by Crippen LogP contribution is -2.30. The van der Waals surface area contributed by atoms with Crippen LogP contribution in [-0.4, -0.2) is 17.0 Å². The van der Waals surface area contributed by atoms with Crippen molar-refractivity contribution in [2.24, 2.45) is 0 Å². The molecule has 0 saturated heterocycles. The molecule has 140 valence electrons. The van der Waals surface area contributed by atoms with E-state index in [-0.39, 0.29) is 5.91 Å². The van der Waals surface area contributed by atoms with Gasteiger partial charge >= 0.3 is 0 Å². The second-order valence-electron chi connectivity index (χ2n) is 6.27. The van der Waals surface area contributed by atoms with E-state index in [4.69, 9.17) is 20.8 Å². The highest BCUT2D eigenvalue weighted by molar-refractivity contribution is 6.30. The maximum absolute atomic E-state index is 12.4. The predicted molar refractivity (Wildman–Crippen MR) is 110 cm³/mol. The van der Waals surface area contributed by atoms with Gasteiger partial charge in [-0.1, -0.05) is 29.8 Å². The number of benzene rings is 3. The van der Waals surface area contributed by atoms with Gasteiger partial charge in [0, 0.05) is 16.3 Å². The summed E-state index contributed by atoms with van der Waals surface area (Å²) in [6, 6.07) is 21.8. The molecular weight excluding hydrogens is 376 g/mol. The molecule has 0 spiro atoms. The van der Waals surface area contributed by atoms with E-state index >= 15 is 0 Å². The maximum atomic E-state index is 12.4. The molecule has 1 N–H and O–H groups in total. The number of para-hydroxylation sites is 2. The van der Waals surface area contributed by atoms with Crippen molar-refractivity contribution in [2.75, 3.05) is 5.32 Å². The zero-order valence-electron chi connectivity index (χ0n) is 15.1. The molecule has 1 heterocycles. The van der Waals surface area contributed by atoms with Crippen LogP contribution in [0.2, 0.25) is 5.02 Å². The number of nitrogens with one attached hydrogen (secondary N) is 1. The van der Waals surface area contributed by atoms with Crippen LogP contribution in [0.4, 0.5) is 5.69 Å². The minimum absolute atomic E-state index is 0.255. The molecular formula is C22H17ClN2O3. The number of halogens is 1. The zero-order chi connectivity index (χ0) is 19.5. The Bertz CT molecular complexity index is 1090. The zero-order valence-corrected chi connectivity index (χ0v) is 15.8. The Morgan fingerprint density at radius 1 is 1.07 bits per heavy atom. The Labute approximate surface area is 166 Å². The molecule has 6 heteroatoms. The first kappa shape index (κ1) is 18.1. The van der Waals surface area contributed by atoms with Gasteiger partial charge in [0.25, 0.3) is 5.91 Å². The summed E-state index contributed by atoms with van der Waals surface area (Å²) in [6.07, 6.45) is -0.671. The van der Waals surface area contributed by atoms with Crippen molar-refractivity contribution >= 4 is 34.3 Å². The highest BCUT2D eigenvalue weighted by atomic mass is 35.5. The lowest BCUT2D eigenvalue weighted by Gasteiger charge is -2.15. The lowest BCUT2D eigenvalue weighted by atomic mass is 10.2. The van der Waals surface area contributed by atoms with Gasteiger partial charge in [-0.3, -0.25) is 4.79 Å². The second-order valence-corrected chi connectivity index (χ2v) is 6.71. The van der Waals surface area contributed by atoms with Gasteiger partial charge in [0.15, 0.2) is 11.7 Å². The molecule has 1 atom stereocenters. The van der Waals surface area contributed by atoms with Crippen LogP contribution < -0.4 is 10.1 Å². The number of hydrogen-bond donors (Lipinski definition) is 1. The number of carbonyl (C=O) groups is 1. The number of carbonyl (C=O) groups excluding carboxylic acids is 1. The van der Waals surface area contributed by atoms with Crippen LogP contribution >= 0.6 is 11.6 Å². The van der Waals surface area contributed by atoms with Crippen molar-refractivity contribution in [1.82, 2.24) is 4.98 Å². The molecule has 1 aromatic heterocycles. The minimum atomic E-state index is -0.671. The fourth-order valence-corrected chi connectivity index (χ4v) is 2.91. The molecule has 4 aromatic rings. The van der Waals surface area contributed by atoms with Crippen LogP contribution in [0.25, 0.3) is 22.6 Å². The van der Waals surface area contributed by atoms with Crippen LogP contribution in [-0.2, 0) is 4.79 Å². The Hall–Kier alpha value is -3.31. The van der Waals surface area contributed by atoms with Gasteiger partial charge in [-0.15, -0.1) is 0 Å². The average Bonchev–Trinajstić information content (AvgIpc) is 3.13. The topological polar surface area (TPSA) is 64.4 Å². The van der Waals surface area contributed by atoms with E-state index in [2.05, 4.69) is 10.3 Å². The Balaban J connectivity index is 1.43. The highest BCUT2D eigenvalue weighted by Gasteiger charge is 2.15. The van der Waals surface area contributed by atoms with Crippen LogP contribution in [0.5, 0.6) is 5.75 Å². The van der Waals surface area contributed by atoms with E-state index in [1.807, 2.05) is 36.4 Å². The number of nitrogens with zero attached hydrogens (tertiary/aromatic N) is 1. The standard InChI is InChI=1S/C22H17ClN2O3/c1-14(27-18-6-4-5-16(23)13-18)21(26)24-17-11-9-15(10-12-17)22-25-19-7-2-3-8-20(19)28-22/h2-14H,1H3,(H,24,26). The minimum Gasteiger partial charge on any atom is -0.481 e. The quantitative estimate of drug-likeness (QED) is 0.483. The summed E-state index contributed by atoms with van der Waals surface area (Å²) in [7, 11) is 0. The fraction of sp³-hybridized carbons (Fsp3) is 0.0909. The fourth-order valence-electron chi connectivity index (χ4n) is 2.73. The van der Waals surface area contributed by atoms with Crippen LogP contribution in [0.1, 0.15) is 6.92 Å². The van der Waals surface area contributed by atoms with Gasteiger partial charge in [-0.2, -0.15) is 0 Å². The smallest absolute Gasteiger partial charge is 0.265 e. The summed E-state index contributed by atoms with van der Waals surface area (Å²) >= 11 is 5.94. The Morgan fingerprint density at radius 3 is 2.61 bits per heavy atom. The third-order valence-corrected chi connectivity index (χ3v) is 4.41. The largest absolute Gasteiger partial charge is 0.481 e. The lowest BCUT2D eigenvalue weighted by molar-refractivity contribution is -0.122. The van der Waals surface area contributed by atoms with E-state index in [1.54, 1.807) is 43.3 Å². The van der Waals surface area contributed by atoms with Crippen molar-refractivity contribution in [2.45, 2.75) is 13.0 Å². The first-order chi connectivity index (χ1) is 13.6. The monoisotopic (exact) mass is 392 g/mol. The molecule has 0 aliphatic heterocycles. The number of anilines is 1. The van der Waals surface area contributed by atoms with Crippen molar-refractivity contribution in [1.29, 1.82) is 0 Å². The summed E-state index contributed by atoms with van der Waals surface area (Å²) in [6.45, 7) is 1.68. The summed E-state index contributed by atoms with van der Waals surface area (Å²) in [4.78, 5) is 16.8. The van der Waals surface area contributed by atoms with E-state index in [1.165, 1.54) is 0 Å². The number of amides is 1. The van der Waals surface area contributed by atoms with Crippen LogP contribution in [0.3, 0.4) is 0 Å². The first-order valence-electron chi connectivity index (χ1n) is 8.77. The molecule has 0 aliphatic rings. The molecule has 0 radical (unpaired) electrons. The van der Waals surface area contributed by atoms with Crippen molar-refractivity contribution in [3.05, 3.63) is 77.8 Å². The third-order valence-electron chi connectivity index (χ3n) is 4.17. The van der Waals surface area contributed by atoms with Gasteiger partial charge in [0.05, 0.1) is 0 Å². The molecule has 0 aliphatic carbocycles.